The van der Waals surface area contributed by atoms with Gasteiger partial charge in [0, 0.05) is 5.69 Å². The fraction of sp³-hybridized carbons (Fsp3) is 0.0714. The van der Waals surface area contributed by atoms with Crippen LogP contribution in [0, 0.1) is 6.92 Å². The summed E-state index contributed by atoms with van der Waals surface area (Å²) in [5.74, 6) is -0.429. The number of primary amides is 1. The summed E-state index contributed by atoms with van der Waals surface area (Å²) in [4.78, 5) is 11.3. The highest BCUT2D eigenvalue weighted by molar-refractivity contribution is 5.99. The third-order valence-corrected chi connectivity index (χ3v) is 2.61. The topological polar surface area (TPSA) is 55.1 Å². The summed E-state index contributed by atoms with van der Waals surface area (Å²) in [6, 6.07) is 15.1. The molecule has 0 aliphatic heterocycles. The first kappa shape index (κ1) is 11.2. The van der Waals surface area contributed by atoms with Crippen LogP contribution < -0.4 is 11.1 Å². The smallest absolute Gasteiger partial charge is 0.250 e. The van der Waals surface area contributed by atoms with E-state index in [1.54, 1.807) is 12.1 Å². The molecule has 3 nitrogen and oxygen atoms in total. The lowest BCUT2D eigenvalue weighted by atomic mass is 10.1. The highest BCUT2D eigenvalue weighted by Gasteiger charge is 2.07. The van der Waals surface area contributed by atoms with Crippen molar-refractivity contribution < 1.29 is 4.79 Å². The molecular formula is C14H14N2O. The van der Waals surface area contributed by atoms with Crippen molar-refractivity contribution in [1.82, 2.24) is 0 Å². The van der Waals surface area contributed by atoms with Gasteiger partial charge < -0.3 is 11.1 Å². The normalized spacial score (nSPS) is 9.94. The third-order valence-electron chi connectivity index (χ3n) is 2.61. The van der Waals surface area contributed by atoms with E-state index in [0.29, 0.717) is 5.56 Å². The molecule has 17 heavy (non-hydrogen) atoms. The third kappa shape index (κ3) is 2.45. The Morgan fingerprint density at radius 2 is 1.59 bits per heavy atom. The highest BCUT2D eigenvalue weighted by Crippen LogP contribution is 2.22. The van der Waals surface area contributed by atoms with E-state index in [1.165, 1.54) is 0 Å². The SMILES string of the molecule is Cc1ccccc1Nc1ccccc1C(N)=O. The molecule has 2 rings (SSSR count). The maximum atomic E-state index is 11.3. The second-order valence-electron chi connectivity index (χ2n) is 3.85. The molecule has 0 saturated carbocycles. The van der Waals surface area contributed by atoms with Crippen molar-refractivity contribution in [2.24, 2.45) is 5.73 Å². The fourth-order valence-corrected chi connectivity index (χ4v) is 1.67. The molecule has 2 aromatic carbocycles. The van der Waals surface area contributed by atoms with Crippen LogP contribution >= 0.6 is 0 Å². The summed E-state index contributed by atoms with van der Waals surface area (Å²) in [6.45, 7) is 2.01. The molecule has 0 saturated heterocycles. The zero-order valence-electron chi connectivity index (χ0n) is 9.60. The quantitative estimate of drug-likeness (QED) is 0.845. The molecule has 0 fully saturated rings. The minimum Gasteiger partial charge on any atom is -0.366 e. The summed E-state index contributed by atoms with van der Waals surface area (Å²) in [7, 11) is 0. The minimum atomic E-state index is -0.429. The van der Waals surface area contributed by atoms with E-state index in [2.05, 4.69) is 5.32 Å². The maximum absolute atomic E-state index is 11.3. The zero-order chi connectivity index (χ0) is 12.3. The van der Waals surface area contributed by atoms with Crippen molar-refractivity contribution in [3.63, 3.8) is 0 Å². The Kier molecular flexibility index (Phi) is 3.10. The van der Waals surface area contributed by atoms with Crippen molar-refractivity contribution in [3.8, 4) is 0 Å². The number of aryl methyl sites for hydroxylation is 1. The molecule has 3 N–H and O–H groups in total. The van der Waals surface area contributed by atoms with Crippen LogP contribution in [-0.2, 0) is 0 Å². The summed E-state index contributed by atoms with van der Waals surface area (Å²) >= 11 is 0. The first-order chi connectivity index (χ1) is 8.18. The second kappa shape index (κ2) is 4.70. The molecule has 0 unspecified atom stereocenters. The van der Waals surface area contributed by atoms with Crippen LogP contribution in [-0.4, -0.2) is 5.91 Å². The monoisotopic (exact) mass is 226 g/mol. The van der Waals surface area contributed by atoms with E-state index in [4.69, 9.17) is 5.73 Å². The van der Waals surface area contributed by atoms with Gasteiger partial charge >= 0.3 is 0 Å². The van der Waals surface area contributed by atoms with E-state index >= 15 is 0 Å². The van der Waals surface area contributed by atoms with Gasteiger partial charge in [0.05, 0.1) is 11.3 Å². The van der Waals surface area contributed by atoms with Gasteiger partial charge in [0.25, 0.3) is 5.91 Å². The zero-order valence-corrected chi connectivity index (χ0v) is 9.60. The number of hydrogen-bond donors (Lipinski definition) is 2. The minimum absolute atomic E-state index is 0.429. The first-order valence-corrected chi connectivity index (χ1v) is 5.40. The number of rotatable bonds is 3. The van der Waals surface area contributed by atoms with Gasteiger partial charge in [-0.25, -0.2) is 0 Å². The van der Waals surface area contributed by atoms with E-state index in [9.17, 15) is 4.79 Å². The summed E-state index contributed by atoms with van der Waals surface area (Å²) in [5, 5.41) is 3.22. The fourth-order valence-electron chi connectivity index (χ4n) is 1.67. The Hall–Kier alpha value is -2.29. The van der Waals surface area contributed by atoms with Gasteiger partial charge in [0.2, 0.25) is 0 Å². The standard InChI is InChI=1S/C14H14N2O/c1-10-6-2-4-8-12(10)16-13-9-5-3-7-11(13)14(15)17/h2-9,16H,1H3,(H2,15,17). The van der Waals surface area contributed by atoms with E-state index in [0.717, 1.165) is 16.9 Å². The van der Waals surface area contributed by atoms with E-state index < -0.39 is 5.91 Å². The van der Waals surface area contributed by atoms with Gasteiger partial charge in [-0.05, 0) is 30.7 Å². The lowest BCUT2D eigenvalue weighted by molar-refractivity contribution is 0.100. The van der Waals surface area contributed by atoms with Crippen LogP contribution in [0.5, 0.6) is 0 Å². The van der Waals surface area contributed by atoms with Gasteiger partial charge in [-0.15, -0.1) is 0 Å². The summed E-state index contributed by atoms with van der Waals surface area (Å²) in [5.41, 5.74) is 8.64. The molecule has 0 aliphatic rings. The lowest BCUT2D eigenvalue weighted by Gasteiger charge is -2.11. The molecule has 0 aromatic heterocycles. The number of benzene rings is 2. The number of carbonyl (C=O) groups is 1. The molecule has 0 bridgehead atoms. The van der Waals surface area contributed by atoms with Crippen molar-refractivity contribution in [2.45, 2.75) is 6.92 Å². The molecule has 0 aliphatic carbocycles. The predicted octanol–water partition coefficient (Wildman–Crippen LogP) is 2.84. The van der Waals surface area contributed by atoms with Crippen LogP contribution in [0.4, 0.5) is 11.4 Å². The summed E-state index contributed by atoms with van der Waals surface area (Å²) in [6.07, 6.45) is 0. The van der Waals surface area contributed by atoms with Gasteiger partial charge in [-0.3, -0.25) is 4.79 Å². The highest BCUT2D eigenvalue weighted by atomic mass is 16.1. The Morgan fingerprint density at radius 3 is 2.24 bits per heavy atom. The lowest BCUT2D eigenvalue weighted by Crippen LogP contribution is -2.13. The molecule has 1 amide bonds. The number of carbonyl (C=O) groups excluding carboxylic acids is 1. The van der Waals surface area contributed by atoms with Crippen LogP contribution in [0.15, 0.2) is 48.5 Å². The van der Waals surface area contributed by atoms with Crippen molar-refractivity contribution in [2.75, 3.05) is 5.32 Å². The molecule has 0 heterocycles. The average molecular weight is 226 g/mol. The van der Waals surface area contributed by atoms with Crippen molar-refractivity contribution in [1.29, 1.82) is 0 Å². The van der Waals surface area contributed by atoms with Gasteiger partial charge in [0.15, 0.2) is 0 Å². The van der Waals surface area contributed by atoms with E-state index in [-0.39, 0.29) is 0 Å². The molecule has 86 valence electrons. The van der Waals surface area contributed by atoms with Crippen LogP contribution in [0.2, 0.25) is 0 Å². The largest absolute Gasteiger partial charge is 0.366 e. The Morgan fingerprint density at radius 1 is 1.00 bits per heavy atom. The number of nitrogens with one attached hydrogen (secondary N) is 1. The van der Waals surface area contributed by atoms with Crippen LogP contribution in [0.3, 0.4) is 0 Å². The Balaban J connectivity index is 2.37. The molecule has 0 radical (unpaired) electrons. The molecular weight excluding hydrogens is 212 g/mol. The van der Waals surface area contributed by atoms with Gasteiger partial charge in [-0.2, -0.15) is 0 Å². The van der Waals surface area contributed by atoms with Crippen molar-refractivity contribution >= 4 is 17.3 Å². The first-order valence-electron chi connectivity index (χ1n) is 5.40. The Labute approximate surface area is 100 Å². The number of hydrogen-bond acceptors (Lipinski definition) is 2. The maximum Gasteiger partial charge on any atom is 0.250 e. The number of amides is 1. The second-order valence-corrected chi connectivity index (χ2v) is 3.85. The summed E-state index contributed by atoms with van der Waals surface area (Å²) < 4.78 is 0. The van der Waals surface area contributed by atoms with Gasteiger partial charge in [-0.1, -0.05) is 30.3 Å². The Bertz CT molecular complexity index is 549. The number of anilines is 2. The average Bonchev–Trinajstić information content (AvgIpc) is 2.32. The van der Waals surface area contributed by atoms with Gasteiger partial charge in [0.1, 0.15) is 0 Å². The van der Waals surface area contributed by atoms with Crippen LogP contribution in [0.1, 0.15) is 15.9 Å². The van der Waals surface area contributed by atoms with Crippen molar-refractivity contribution in [3.05, 3.63) is 59.7 Å². The molecule has 3 heteroatoms. The molecule has 0 atom stereocenters. The van der Waals surface area contributed by atoms with E-state index in [1.807, 2.05) is 43.3 Å². The predicted molar refractivity (Wildman–Crippen MR) is 69.4 cm³/mol. The number of para-hydroxylation sites is 2. The molecule has 0 spiro atoms. The molecule has 2 aromatic rings. The van der Waals surface area contributed by atoms with Crippen LogP contribution in [0.25, 0.3) is 0 Å². The number of nitrogens with two attached hydrogens (primary N) is 1.